The Bertz CT molecular complexity index is 438. The van der Waals surface area contributed by atoms with Crippen LogP contribution in [0, 0.1) is 5.41 Å². The number of benzene rings is 1. The summed E-state index contributed by atoms with van der Waals surface area (Å²) in [6, 6.07) is 5.33. The van der Waals surface area contributed by atoms with E-state index in [1.807, 2.05) is 11.0 Å². The largest absolute Gasteiger partial charge is 0.338 e. The van der Waals surface area contributed by atoms with Crippen molar-refractivity contribution < 1.29 is 4.79 Å². The van der Waals surface area contributed by atoms with Gasteiger partial charge in [-0.15, -0.1) is 0 Å². The number of likely N-dealkylation sites (tertiary alicyclic amines) is 1. The van der Waals surface area contributed by atoms with Crippen LogP contribution in [0.4, 0.5) is 0 Å². The summed E-state index contributed by atoms with van der Waals surface area (Å²) in [6.07, 6.45) is 1.06. The molecule has 0 saturated carbocycles. The molecule has 0 N–H and O–H groups in total. The Morgan fingerprint density at radius 1 is 1.41 bits per heavy atom. The molecule has 1 aliphatic heterocycles. The van der Waals surface area contributed by atoms with Gasteiger partial charge in [-0.1, -0.05) is 41.4 Å². The minimum Gasteiger partial charge on any atom is -0.338 e. The van der Waals surface area contributed by atoms with Crippen LogP contribution >= 0.6 is 27.5 Å². The van der Waals surface area contributed by atoms with Gasteiger partial charge in [0.15, 0.2) is 0 Å². The molecule has 1 amide bonds. The predicted molar refractivity (Wildman–Crippen MR) is 73.5 cm³/mol. The third-order valence-corrected chi connectivity index (χ3v) is 3.75. The van der Waals surface area contributed by atoms with Gasteiger partial charge in [0.25, 0.3) is 5.91 Å². The summed E-state index contributed by atoms with van der Waals surface area (Å²) in [4.78, 5) is 14.2. The molecule has 0 bridgehead atoms. The second-order valence-corrected chi connectivity index (χ2v) is 6.65. The normalized spacial score (nSPS) is 18.5. The highest BCUT2D eigenvalue weighted by Gasteiger charge is 2.32. The second kappa shape index (κ2) is 4.62. The Hall–Kier alpha value is -0.540. The van der Waals surface area contributed by atoms with E-state index in [0.717, 1.165) is 24.0 Å². The number of carbonyl (C=O) groups is 1. The number of nitrogens with zero attached hydrogens (tertiary/aromatic N) is 1. The molecule has 0 spiro atoms. The molecule has 2 nitrogen and oxygen atoms in total. The van der Waals surface area contributed by atoms with Crippen LogP contribution in [0.1, 0.15) is 30.6 Å². The van der Waals surface area contributed by atoms with Gasteiger partial charge < -0.3 is 4.90 Å². The van der Waals surface area contributed by atoms with Crippen LogP contribution in [0.25, 0.3) is 0 Å². The minimum absolute atomic E-state index is 0.0683. The molecule has 1 heterocycles. The van der Waals surface area contributed by atoms with Crippen molar-refractivity contribution in [3.05, 3.63) is 33.3 Å². The molecule has 2 rings (SSSR count). The maximum absolute atomic E-state index is 12.3. The predicted octanol–water partition coefficient (Wildman–Crippen LogP) is 3.97. The van der Waals surface area contributed by atoms with E-state index < -0.39 is 0 Å². The molecule has 92 valence electrons. The highest BCUT2D eigenvalue weighted by atomic mass is 79.9. The summed E-state index contributed by atoms with van der Waals surface area (Å²) >= 11 is 9.31. The van der Waals surface area contributed by atoms with Crippen molar-refractivity contribution >= 4 is 33.4 Å². The van der Waals surface area contributed by atoms with E-state index in [4.69, 9.17) is 11.6 Å². The summed E-state index contributed by atoms with van der Waals surface area (Å²) in [5, 5.41) is 0.584. The summed E-state index contributed by atoms with van der Waals surface area (Å²) in [6.45, 7) is 6.02. The first-order chi connectivity index (χ1) is 7.87. The maximum atomic E-state index is 12.3. The standard InChI is InChI=1S/C13H15BrClNO/c1-13(2)3-4-16(8-13)12(17)9-5-10(14)7-11(15)6-9/h5-7H,3-4,8H2,1-2H3. The van der Waals surface area contributed by atoms with E-state index >= 15 is 0 Å². The van der Waals surface area contributed by atoms with Crippen molar-refractivity contribution in [2.24, 2.45) is 5.41 Å². The Labute approximate surface area is 115 Å². The highest BCUT2D eigenvalue weighted by molar-refractivity contribution is 9.10. The van der Waals surface area contributed by atoms with E-state index in [2.05, 4.69) is 29.8 Å². The van der Waals surface area contributed by atoms with Crippen molar-refractivity contribution in [3.8, 4) is 0 Å². The van der Waals surface area contributed by atoms with Crippen LogP contribution in [0.2, 0.25) is 5.02 Å². The summed E-state index contributed by atoms with van der Waals surface area (Å²) < 4.78 is 0.840. The summed E-state index contributed by atoms with van der Waals surface area (Å²) in [5.74, 6) is 0.0683. The zero-order valence-electron chi connectivity index (χ0n) is 9.96. The first-order valence-electron chi connectivity index (χ1n) is 5.63. The number of hydrogen-bond acceptors (Lipinski definition) is 1. The Balaban J connectivity index is 2.20. The zero-order chi connectivity index (χ0) is 12.6. The molecule has 0 atom stereocenters. The fraction of sp³-hybridized carbons (Fsp3) is 0.462. The summed E-state index contributed by atoms with van der Waals surface area (Å²) in [7, 11) is 0. The molecule has 1 saturated heterocycles. The average Bonchev–Trinajstić information content (AvgIpc) is 2.56. The quantitative estimate of drug-likeness (QED) is 0.767. The van der Waals surface area contributed by atoms with Gasteiger partial charge >= 0.3 is 0 Å². The average molecular weight is 317 g/mol. The van der Waals surface area contributed by atoms with Gasteiger partial charge in [-0.25, -0.2) is 0 Å². The Morgan fingerprint density at radius 3 is 2.65 bits per heavy atom. The van der Waals surface area contributed by atoms with Gasteiger partial charge in [-0.2, -0.15) is 0 Å². The Morgan fingerprint density at radius 2 is 2.12 bits per heavy atom. The molecule has 0 aromatic heterocycles. The molecular weight excluding hydrogens is 302 g/mol. The third kappa shape index (κ3) is 3.02. The lowest BCUT2D eigenvalue weighted by atomic mass is 9.93. The monoisotopic (exact) mass is 315 g/mol. The number of rotatable bonds is 1. The Kier molecular flexibility index (Phi) is 3.50. The first kappa shape index (κ1) is 12.9. The number of halogens is 2. The van der Waals surface area contributed by atoms with Crippen molar-refractivity contribution in [2.75, 3.05) is 13.1 Å². The van der Waals surface area contributed by atoms with Gasteiger partial charge in [-0.3, -0.25) is 4.79 Å². The van der Waals surface area contributed by atoms with Crippen molar-refractivity contribution in [1.29, 1.82) is 0 Å². The van der Waals surface area contributed by atoms with E-state index in [1.165, 1.54) is 0 Å². The van der Waals surface area contributed by atoms with Crippen LogP contribution < -0.4 is 0 Å². The van der Waals surface area contributed by atoms with Crippen LogP contribution in [0.5, 0.6) is 0 Å². The second-order valence-electron chi connectivity index (χ2n) is 5.30. The molecule has 17 heavy (non-hydrogen) atoms. The minimum atomic E-state index is 0.0683. The molecule has 1 fully saturated rings. The maximum Gasteiger partial charge on any atom is 0.253 e. The van der Waals surface area contributed by atoms with Crippen molar-refractivity contribution in [3.63, 3.8) is 0 Å². The van der Waals surface area contributed by atoms with Crippen LogP contribution in [0.15, 0.2) is 22.7 Å². The van der Waals surface area contributed by atoms with Crippen LogP contribution in [-0.4, -0.2) is 23.9 Å². The zero-order valence-corrected chi connectivity index (χ0v) is 12.3. The van der Waals surface area contributed by atoms with Gasteiger partial charge in [-0.05, 0) is 30.0 Å². The van der Waals surface area contributed by atoms with Gasteiger partial charge in [0, 0.05) is 28.1 Å². The highest BCUT2D eigenvalue weighted by Crippen LogP contribution is 2.30. The number of hydrogen-bond donors (Lipinski definition) is 0. The molecule has 1 aromatic carbocycles. The fourth-order valence-corrected chi connectivity index (χ4v) is 3.01. The van der Waals surface area contributed by atoms with Crippen LogP contribution in [0.3, 0.4) is 0 Å². The first-order valence-corrected chi connectivity index (χ1v) is 6.80. The number of amides is 1. The fourth-order valence-electron chi connectivity index (χ4n) is 2.15. The molecular formula is C13H15BrClNO. The molecule has 0 radical (unpaired) electrons. The van der Waals surface area contributed by atoms with Gasteiger partial charge in [0.1, 0.15) is 0 Å². The van der Waals surface area contributed by atoms with E-state index in [-0.39, 0.29) is 11.3 Å². The van der Waals surface area contributed by atoms with Gasteiger partial charge in [0.05, 0.1) is 0 Å². The third-order valence-electron chi connectivity index (χ3n) is 3.07. The molecule has 1 aliphatic rings. The molecule has 1 aromatic rings. The SMILES string of the molecule is CC1(C)CCN(C(=O)c2cc(Cl)cc(Br)c2)C1. The lowest BCUT2D eigenvalue weighted by molar-refractivity contribution is 0.0778. The number of carbonyl (C=O) groups excluding carboxylic acids is 1. The smallest absolute Gasteiger partial charge is 0.253 e. The van der Waals surface area contributed by atoms with Gasteiger partial charge in [0.2, 0.25) is 0 Å². The lowest BCUT2D eigenvalue weighted by Crippen LogP contribution is -2.30. The van der Waals surface area contributed by atoms with E-state index in [9.17, 15) is 4.79 Å². The molecule has 0 aliphatic carbocycles. The van der Waals surface area contributed by atoms with E-state index in [0.29, 0.717) is 10.6 Å². The van der Waals surface area contributed by atoms with E-state index in [1.54, 1.807) is 12.1 Å². The summed E-state index contributed by atoms with van der Waals surface area (Å²) in [5.41, 5.74) is 0.882. The molecule has 0 unspecified atom stereocenters. The van der Waals surface area contributed by atoms with Crippen molar-refractivity contribution in [2.45, 2.75) is 20.3 Å². The molecule has 4 heteroatoms. The van der Waals surface area contributed by atoms with Crippen molar-refractivity contribution in [1.82, 2.24) is 4.90 Å². The lowest BCUT2D eigenvalue weighted by Gasteiger charge is -2.20. The topological polar surface area (TPSA) is 20.3 Å². The van der Waals surface area contributed by atoms with Crippen LogP contribution in [-0.2, 0) is 0 Å².